The van der Waals surface area contributed by atoms with Crippen molar-refractivity contribution < 1.29 is 0 Å². The van der Waals surface area contributed by atoms with Crippen LogP contribution in [0.3, 0.4) is 0 Å². The van der Waals surface area contributed by atoms with Crippen LogP contribution >= 0.6 is 0 Å². The van der Waals surface area contributed by atoms with Gasteiger partial charge in [-0.2, -0.15) is 0 Å². The summed E-state index contributed by atoms with van der Waals surface area (Å²) in [6, 6.07) is 1.86. The molecule has 3 rings (SSSR count). The summed E-state index contributed by atoms with van der Waals surface area (Å²) in [7, 11) is 2.30. The maximum absolute atomic E-state index is 2.80. The molecule has 2 nitrogen and oxygen atoms in total. The Balaban J connectivity index is 1.61. The summed E-state index contributed by atoms with van der Waals surface area (Å²) in [5.74, 6) is 1.97. The number of likely N-dealkylation sites (tertiary alicyclic amines) is 2. The van der Waals surface area contributed by atoms with Crippen molar-refractivity contribution in [3.8, 4) is 0 Å². The molecule has 0 aromatic carbocycles. The Hall–Kier alpha value is -0.0800. The fourth-order valence-electron chi connectivity index (χ4n) is 3.96. The summed E-state index contributed by atoms with van der Waals surface area (Å²) in [5, 5.41) is 0. The molecule has 3 atom stereocenters. The van der Waals surface area contributed by atoms with Crippen molar-refractivity contribution in [2.75, 3.05) is 26.7 Å². The van der Waals surface area contributed by atoms with Crippen molar-refractivity contribution in [2.45, 2.75) is 44.7 Å². The molecule has 0 spiro atoms. The summed E-state index contributed by atoms with van der Waals surface area (Å²) in [6.07, 6.45) is 5.80. The van der Waals surface area contributed by atoms with E-state index in [0.29, 0.717) is 0 Å². The molecule has 15 heavy (non-hydrogen) atoms. The average Bonchev–Trinajstić information content (AvgIpc) is 2.77. The highest BCUT2D eigenvalue weighted by Crippen LogP contribution is 2.40. The second kappa shape index (κ2) is 3.74. The largest absolute Gasteiger partial charge is 0.303 e. The molecule has 0 amide bonds. The average molecular weight is 208 g/mol. The Bertz CT molecular complexity index is 231. The molecular formula is C13H24N2. The Morgan fingerprint density at radius 1 is 1.07 bits per heavy atom. The lowest BCUT2D eigenvalue weighted by molar-refractivity contribution is 0.0818. The molecule has 0 N–H and O–H groups in total. The smallest absolute Gasteiger partial charge is 0.0151 e. The van der Waals surface area contributed by atoms with Crippen molar-refractivity contribution in [1.82, 2.24) is 9.80 Å². The Morgan fingerprint density at radius 3 is 2.33 bits per heavy atom. The highest BCUT2D eigenvalue weighted by molar-refractivity contribution is 5.01. The van der Waals surface area contributed by atoms with Gasteiger partial charge in [-0.05, 0) is 57.7 Å². The van der Waals surface area contributed by atoms with E-state index in [1.807, 2.05) is 0 Å². The van der Waals surface area contributed by atoms with Gasteiger partial charge in [0.2, 0.25) is 0 Å². The van der Waals surface area contributed by atoms with Gasteiger partial charge in [-0.25, -0.2) is 0 Å². The maximum Gasteiger partial charge on any atom is 0.0151 e. The van der Waals surface area contributed by atoms with Crippen LogP contribution in [-0.2, 0) is 0 Å². The van der Waals surface area contributed by atoms with Crippen LogP contribution in [0.2, 0.25) is 0 Å². The van der Waals surface area contributed by atoms with Gasteiger partial charge in [-0.1, -0.05) is 6.92 Å². The molecule has 2 heterocycles. The quantitative estimate of drug-likeness (QED) is 0.648. The van der Waals surface area contributed by atoms with Gasteiger partial charge >= 0.3 is 0 Å². The normalized spacial score (nSPS) is 44.0. The minimum Gasteiger partial charge on any atom is -0.303 e. The summed E-state index contributed by atoms with van der Waals surface area (Å²) in [4.78, 5) is 5.38. The van der Waals surface area contributed by atoms with Crippen LogP contribution in [0.15, 0.2) is 0 Å². The summed E-state index contributed by atoms with van der Waals surface area (Å²) in [6.45, 7) is 6.52. The highest BCUT2D eigenvalue weighted by atomic mass is 15.2. The SMILES string of the molecule is CC1CCN(C2CC3CC2CN3C)CC1. The van der Waals surface area contributed by atoms with Crippen molar-refractivity contribution >= 4 is 0 Å². The summed E-state index contributed by atoms with van der Waals surface area (Å²) >= 11 is 0. The van der Waals surface area contributed by atoms with E-state index >= 15 is 0 Å². The first-order chi connectivity index (χ1) is 7.24. The Kier molecular flexibility index (Phi) is 2.52. The second-order valence-electron chi connectivity index (χ2n) is 6.11. The molecular weight excluding hydrogens is 184 g/mol. The number of nitrogens with zero attached hydrogens (tertiary/aromatic N) is 2. The third-order valence-electron chi connectivity index (χ3n) is 5.07. The lowest BCUT2D eigenvalue weighted by Gasteiger charge is -2.40. The van der Waals surface area contributed by atoms with Crippen LogP contribution in [0.1, 0.15) is 32.6 Å². The minimum atomic E-state index is 0.916. The first-order valence-electron chi connectivity index (χ1n) is 6.68. The molecule has 86 valence electrons. The minimum absolute atomic E-state index is 0.916. The molecule has 3 aliphatic rings. The van der Waals surface area contributed by atoms with Crippen LogP contribution in [0.4, 0.5) is 0 Å². The fraction of sp³-hybridized carbons (Fsp3) is 1.00. The van der Waals surface area contributed by atoms with Crippen molar-refractivity contribution in [1.29, 1.82) is 0 Å². The number of hydrogen-bond donors (Lipinski definition) is 0. The van der Waals surface area contributed by atoms with Gasteiger partial charge in [-0.15, -0.1) is 0 Å². The number of piperidine rings is 2. The van der Waals surface area contributed by atoms with Crippen LogP contribution in [0.5, 0.6) is 0 Å². The molecule has 2 saturated heterocycles. The molecule has 3 unspecified atom stereocenters. The van der Waals surface area contributed by atoms with Crippen molar-refractivity contribution in [2.24, 2.45) is 11.8 Å². The van der Waals surface area contributed by atoms with E-state index < -0.39 is 0 Å². The zero-order chi connectivity index (χ0) is 10.4. The monoisotopic (exact) mass is 208 g/mol. The van der Waals surface area contributed by atoms with Crippen LogP contribution < -0.4 is 0 Å². The summed E-state index contributed by atoms with van der Waals surface area (Å²) in [5.41, 5.74) is 0. The van der Waals surface area contributed by atoms with E-state index in [1.54, 1.807) is 0 Å². The van der Waals surface area contributed by atoms with Gasteiger partial charge in [0.05, 0.1) is 0 Å². The lowest BCUT2D eigenvalue weighted by Crippen LogP contribution is -2.47. The second-order valence-corrected chi connectivity index (χ2v) is 6.11. The molecule has 2 bridgehead atoms. The van der Waals surface area contributed by atoms with Crippen molar-refractivity contribution in [3.63, 3.8) is 0 Å². The topological polar surface area (TPSA) is 6.48 Å². The standard InChI is InChI=1S/C13H24N2/c1-10-3-5-15(6-4-10)13-8-12-7-11(13)9-14(12)2/h10-13H,3-9H2,1-2H3. The number of hydrogen-bond acceptors (Lipinski definition) is 2. The van der Waals surface area contributed by atoms with E-state index in [9.17, 15) is 0 Å². The predicted octanol–water partition coefficient (Wildman–Crippen LogP) is 1.81. The zero-order valence-electron chi connectivity index (χ0n) is 10.2. The molecule has 1 saturated carbocycles. The van der Waals surface area contributed by atoms with E-state index in [1.165, 1.54) is 45.3 Å². The van der Waals surface area contributed by atoms with Gasteiger partial charge < -0.3 is 4.90 Å². The lowest BCUT2D eigenvalue weighted by atomic mass is 9.94. The first-order valence-corrected chi connectivity index (χ1v) is 6.68. The maximum atomic E-state index is 2.80. The molecule has 3 fully saturated rings. The van der Waals surface area contributed by atoms with Gasteiger partial charge in [0.1, 0.15) is 0 Å². The van der Waals surface area contributed by atoms with E-state index in [-0.39, 0.29) is 0 Å². The van der Waals surface area contributed by atoms with Gasteiger partial charge in [0.15, 0.2) is 0 Å². The van der Waals surface area contributed by atoms with Gasteiger partial charge in [0, 0.05) is 18.6 Å². The van der Waals surface area contributed by atoms with E-state index in [0.717, 1.165) is 23.9 Å². The van der Waals surface area contributed by atoms with Crippen molar-refractivity contribution in [3.05, 3.63) is 0 Å². The van der Waals surface area contributed by atoms with Crippen LogP contribution in [0.25, 0.3) is 0 Å². The van der Waals surface area contributed by atoms with Gasteiger partial charge in [0.25, 0.3) is 0 Å². The molecule has 0 aromatic rings. The Morgan fingerprint density at radius 2 is 1.80 bits per heavy atom. The molecule has 2 heteroatoms. The zero-order valence-corrected chi connectivity index (χ0v) is 10.2. The third kappa shape index (κ3) is 1.72. The van der Waals surface area contributed by atoms with E-state index in [2.05, 4.69) is 23.8 Å². The molecule has 0 aromatic heterocycles. The predicted molar refractivity (Wildman–Crippen MR) is 62.9 cm³/mol. The molecule has 0 radical (unpaired) electrons. The number of fused-ring (bicyclic) bond motifs is 2. The van der Waals surface area contributed by atoms with Gasteiger partial charge in [-0.3, -0.25) is 4.90 Å². The summed E-state index contributed by atoms with van der Waals surface area (Å²) < 4.78 is 0. The Labute approximate surface area is 93.6 Å². The molecule has 1 aliphatic carbocycles. The highest BCUT2D eigenvalue weighted by Gasteiger charge is 2.45. The fourth-order valence-corrected chi connectivity index (χ4v) is 3.96. The number of rotatable bonds is 1. The van der Waals surface area contributed by atoms with Crippen LogP contribution in [-0.4, -0.2) is 48.6 Å². The van der Waals surface area contributed by atoms with E-state index in [4.69, 9.17) is 0 Å². The first kappa shape index (κ1) is 10.1. The molecule has 2 aliphatic heterocycles. The van der Waals surface area contributed by atoms with Crippen LogP contribution in [0, 0.1) is 11.8 Å². The third-order valence-corrected chi connectivity index (χ3v) is 5.07.